The Bertz CT molecular complexity index is 62.7. The zero-order chi connectivity index (χ0) is 5.70. The fourth-order valence-electron chi connectivity index (χ4n) is 0.201. The summed E-state index contributed by atoms with van der Waals surface area (Å²) >= 11 is 0. The summed E-state index contributed by atoms with van der Waals surface area (Å²) in [5, 5.41) is 1.24. The van der Waals surface area contributed by atoms with Gasteiger partial charge in [-0.1, -0.05) is 0 Å². The van der Waals surface area contributed by atoms with Crippen molar-refractivity contribution >= 4 is 5.91 Å². The molecule has 0 unspecified atom stereocenters. The van der Waals surface area contributed by atoms with Crippen LogP contribution in [0.3, 0.4) is 0 Å². The molecule has 0 aliphatic rings. The van der Waals surface area contributed by atoms with Crippen LogP contribution in [0, 0.1) is 7.05 Å². The second-order valence-corrected chi connectivity index (χ2v) is 1.10. The lowest BCUT2D eigenvalue weighted by atomic mass is 10.7. The maximum atomic E-state index is 10.2. The smallest absolute Gasteiger partial charge is 0.310 e. The highest BCUT2D eigenvalue weighted by atomic mass is 16.5. The molecule has 0 spiro atoms. The summed E-state index contributed by atoms with van der Waals surface area (Å²) in [6.07, 6.45) is 0. The first-order valence-corrected chi connectivity index (χ1v) is 1.95. The Balaban J connectivity index is 3.00. The molecule has 0 aromatic carbocycles. The number of quaternary nitrogens is 1. The van der Waals surface area contributed by atoms with E-state index in [9.17, 15) is 4.79 Å². The number of hydrogen-bond acceptors (Lipinski definition) is 2. The number of rotatable bonds is 2. The van der Waals surface area contributed by atoms with Gasteiger partial charge in [0.15, 0.2) is 6.61 Å². The van der Waals surface area contributed by atoms with Crippen LogP contribution in [0.2, 0.25) is 0 Å². The van der Waals surface area contributed by atoms with E-state index in [-0.39, 0.29) is 12.5 Å². The summed E-state index contributed by atoms with van der Waals surface area (Å²) < 4.78 is 4.47. The fourth-order valence-corrected chi connectivity index (χ4v) is 0.201. The second-order valence-electron chi connectivity index (χ2n) is 1.10. The van der Waals surface area contributed by atoms with Crippen LogP contribution in [0.25, 0.3) is 0 Å². The lowest BCUT2D eigenvalue weighted by Crippen LogP contribution is -2.82. The van der Waals surface area contributed by atoms with Gasteiger partial charge in [0.1, 0.15) is 0 Å². The molecule has 0 heterocycles. The number of methoxy groups -OCH3 is 1. The fraction of sp³-hybridized carbons (Fsp3) is 0.500. The van der Waals surface area contributed by atoms with Gasteiger partial charge < -0.3 is 10.1 Å². The van der Waals surface area contributed by atoms with E-state index < -0.39 is 0 Å². The number of nitrogens with two attached hydrogens (primary N) is 1. The second kappa shape index (κ2) is 3.77. The van der Waals surface area contributed by atoms with E-state index in [1.165, 1.54) is 12.4 Å². The number of hydrogen-bond donors (Lipinski definition) is 1. The van der Waals surface area contributed by atoms with Crippen molar-refractivity contribution in [3.63, 3.8) is 0 Å². The van der Waals surface area contributed by atoms with Crippen molar-refractivity contribution in [1.29, 1.82) is 0 Å². The van der Waals surface area contributed by atoms with E-state index in [0.29, 0.717) is 0 Å². The van der Waals surface area contributed by atoms with Crippen molar-refractivity contribution in [2.24, 2.45) is 0 Å². The number of carbonyl (C=O) groups is 1. The van der Waals surface area contributed by atoms with Crippen molar-refractivity contribution in [3.05, 3.63) is 7.05 Å². The molecule has 3 heteroatoms. The first kappa shape index (κ1) is 6.59. The molecule has 0 aromatic heterocycles. The van der Waals surface area contributed by atoms with Gasteiger partial charge in [0.05, 0.1) is 0 Å². The molecule has 2 N–H and O–H groups in total. The van der Waals surface area contributed by atoms with E-state index in [2.05, 4.69) is 11.8 Å². The van der Waals surface area contributed by atoms with Gasteiger partial charge in [0.2, 0.25) is 0 Å². The molecule has 0 aliphatic carbocycles. The van der Waals surface area contributed by atoms with Gasteiger partial charge in [-0.05, 0) is 0 Å². The Hall–Kier alpha value is -0.410. The topological polar surface area (TPSA) is 42.9 Å². The maximum Gasteiger partial charge on any atom is 0.310 e. The van der Waals surface area contributed by atoms with E-state index in [1.807, 2.05) is 0 Å². The van der Waals surface area contributed by atoms with Crippen molar-refractivity contribution in [1.82, 2.24) is 0 Å². The third-order valence-corrected chi connectivity index (χ3v) is 0.514. The van der Waals surface area contributed by atoms with Crippen LogP contribution in [-0.4, -0.2) is 19.6 Å². The maximum absolute atomic E-state index is 10.2. The molecule has 0 saturated carbocycles. The van der Waals surface area contributed by atoms with E-state index in [1.54, 1.807) is 0 Å². The molecule has 0 bridgehead atoms. The molecule has 1 amide bonds. The summed E-state index contributed by atoms with van der Waals surface area (Å²) in [5.41, 5.74) is 0. The molecule has 0 saturated heterocycles. The van der Waals surface area contributed by atoms with Gasteiger partial charge in [-0.25, -0.2) is 4.79 Å². The molecule has 0 rings (SSSR count). The van der Waals surface area contributed by atoms with Crippen LogP contribution in [-0.2, 0) is 9.53 Å². The van der Waals surface area contributed by atoms with Crippen LogP contribution in [0.1, 0.15) is 0 Å². The summed E-state index contributed by atoms with van der Waals surface area (Å²) in [4.78, 5) is 10.2. The lowest BCUT2D eigenvalue weighted by molar-refractivity contribution is -0.508. The first-order valence-electron chi connectivity index (χ1n) is 1.95. The average molecular weight is 103 g/mol. The Morgan fingerprint density at radius 2 is 2.57 bits per heavy atom. The molecule has 0 fully saturated rings. The Morgan fingerprint density at radius 1 is 2.00 bits per heavy atom. The summed E-state index contributed by atoms with van der Waals surface area (Å²) in [6.45, 7) is 0.142. The molecule has 42 valence electrons. The standard InChI is InChI=1S/C4H9NO2/c1-5-4(6)3-7-2/h1,3,5H2,2H3. The summed E-state index contributed by atoms with van der Waals surface area (Å²) in [6, 6.07) is 0. The molecule has 0 aliphatic heterocycles. The first-order chi connectivity index (χ1) is 3.31. The van der Waals surface area contributed by atoms with Crippen LogP contribution < -0.4 is 5.32 Å². The zero-order valence-electron chi connectivity index (χ0n) is 4.31. The van der Waals surface area contributed by atoms with Crippen molar-refractivity contribution in [2.75, 3.05) is 13.7 Å². The van der Waals surface area contributed by atoms with Crippen LogP contribution in [0.5, 0.6) is 0 Å². The molecule has 0 atom stereocenters. The molecule has 0 radical (unpaired) electrons. The van der Waals surface area contributed by atoms with Gasteiger partial charge >= 0.3 is 5.91 Å². The number of primary amides is 1. The number of carbonyl (C=O) groups excluding carboxylic acids is 1. The highest BCUT2D eigenvalue weighted by molar-refractivity contribution is 5.66. The molecule has 3 nitrogen and oxygen atoms in total. The minimum Gasteiger partial charge on any atom is -0.413 e. The lowest BCUT2D eigenvalue weighted by Gasteiger charge is -1.92. The molecule has 0 aromatic rings. The zero-order valence-corrected chi connectivity index (χ0v) is 4.31. The monoisotopic (exact) mass is 103 g/mol. The molecular formula is C4H9NO2. The number of amides is 1. The minimum absolute atomic E-state index is 0.0810. The quantitative estimate of drug-likeness (QED) is 0.433. The van der Waals surface area contributed by atoms with Crippen molar-refractivity contribution < 1.29 is 14.8 Å². The van der Waals surface area contributed by atoms with E-state index in [0.717, 1.165) is 0 Å². The number of ether oxygens (including phenoxy) is 1. The van der Waals surface area contributed by atoms with Gasteiger partial charge in [0, 0.05) is 7.11 Å². The predicted octanol–water partition coefficient (Wildman–Crippen LogP) is -1.49. The summed E-state index contributed by atoms with van der Waals surface area (Å²) in [5.74, 6) is -0.0810. The highest BCUT2D eigenvalue weighted by Crippen LogP contribution is 1.57. The van der Waals surface area contributed by atoms with Gasteiger partial charge in [0.25, 0.3) is 0 Å². The largest absolute Gasteiger partial charge is 0.413 e. The Labute approximate surface area is 42.7 Å². The van der Waals surface area contributed by atoms with Gasteiger partial charge in [-0.3, -0.25) is 0 Å². The van der Waals surface area contributed by atoms with E-state index >= 15 is 0 Å². The van der Waals surface area contributed by atoms with Crippen LogP contribution >= 0.6 is 0 Å². The Kier molecular flexibility index (Phi) is 3.55. The minimum atomic E-state index is -0.0810. The highest BCUT2D eigenvalue weighted by Gasteiger charge is 1.92. The van der Waals surface area contributed by atoms with Crippen molar-refractivity contribution in [3.8, 4) is 0 Å². The normalized spacial score (nSPS) is 8.86. The predicted molar refractivity (Wildman–Crippen MR) is 24.2 cm³/mol. The van der Waals surface area contributed by atoms with E-state index in [4.69, 9.17) is 0 Å². The molecule has 7 heavy (non-hydrogen) atoms. The average Bonchev–Trinajstić information content (AvgIpc) is 1.68. The van der Waals surface area contributed by atoms with Crippen LogP contribution in [0.4, 0.5) is 0 Å². The SMILES string of the molecule is [CH2-][NH2+]C(=O)COC. The Morgan fingerprint density at radius 3 is 2.71 bits per heavy atom. The molecular weight excluding hydrogens is 94.0 g/mol. The third kappa shape index (κ3) is 3.42. The van der Waals surface area contributed by atoms with Crippen LogP contribution in [0.15, 0.2) is 0 Å². The summed E-state index contributed by atoms with van der Waals surface area (Å²) in [7, 11) is 4.72. The van der Waals surface area contributed by atoms with Gasteiger partial charge in [-0.15, -0.1) is 7.05 Å². The van der Waals surface area contributed by atoms with Crippen molar-refractivity contribution in [2.45, 2.75) is 0 Å². The van der Waals surface area contributed by atoms with Gasteiger partial charge in [-0.2, -0.15) is 0 Å². The third-order valence-electron chi connectivity index (χ3n) is 0.514.